The SMILES string of the molecule is O=C(CSCCSCCS(=O)CSCCSCSC(=O)CSCCSCC(=O)SCCSCCO)SCCSCCO. The van der Waals surface area contributed by atoms with Crippen LogP contribution in [0.3, 0.4) is 0 Å². The fourth-order valence-electron chi connectivity index (χ4n) is 2.34. The number of thioether (sulfide) groups is 11. The Morgan fingerprint density at radius 1 is 0.452 bits per heavy atom. The summed E-state index contributed by atoms with van der Waals surface area (Å²) in [5.74, 6) is 13.5. The highest BCUT2D eigenvalue weighted by molar-refractivity contribution is 8.25. The molecule has 0 aromatic rings. The van der Waals surface area contributed by atoms with Gasteiger partial charge in [-0.2, -0.15) is 70.6 Å². The van der Waals surface area contributed by atoms with Gasteiger partial charge in [-0.05, 0) is 0 Å². The number of rotatable bonds is 32. The van der Waals surface area contributed by atoms with Crippen LogP contribution in [-0.2, 0) is 25.2 Å². The van der Waals surface area contributed by atoms with Crippen molar-refractivity contribution in [1.82, 2.24) is 0 Å². The maximum Gasteiger partial charge on any atom is 0.199 e. The predicted molar refractivity (Wildman–Crippen MR) is 213 cm³/mol. The van der Waals surface area contributed by atoms with Crippen LogP contribution in [0.2, 0.25) is 0 Å². The molecule has 0 radical (unpaired) electrons. The van der Waals surface area contributed by atoms with E-state index in [-0.39, 0.29) is 28.6 Å². The normalized spacial score (nSPS) is 12.0. The summed E-state index contributed by atoms with van der Waals surface area (Å²) in [6.45, 7) is 0.373. The second-order valence-electron chi connectivity index (χ2n) is 7.60. The molecule has 0 saturated carbocycles. The minimum atomic E-state index is -0.809. The van der Waals surface area contributed by atoms with Crippen molar-refractivity contribution < 1.29 is 28.8 Å². The van der Waals surface area contributed by atoms with E-state index < -0.39 is 10.8 Å². The fourth-order valence-corrected chi connectivity index (χ4v) is 15.0. The second kappa shape index (κ2) is 36.8. The first kappa shape index (κ1) is 44.9. The molecule has 1 unspecified atom stereocenters. The quantitative estimate of drug-likeness (QED) is 0.0679. The number of carbonyl (C=O) groups excluding carboxylic acids is 3. The van der Waals surface area contributed by atoms with E-state index >= 15 is 0 Å². The van der Waals surface area contributed by atoms with E-state index in [1.54, 1.807) is 94.1 Å². The van der Waals surface area contributed by atoms with Crippen molar-refractivity contribution >= 4 is 156 Å². The van der Waals surface area contributed by atoms with Crippen molar-refractivity contribution in [3.63, 3.8) is 0 Å². The Bertz CT molecular complexity index is 692. The summed E-state index contributed by atoms with van der Waals surface area (Å²) in [6, 6.07) is 0. The molecule has 18 heteroatoms. The van der Waals surface area contributed by atoms with Crippen LogP contribution in [0.25, 0.3) is 0 Å². The average molecular weight is 813 g/mol. The lowest BCUT2D eigenvalue weighted by atomic mass is 10.9. The van der Waals surface area contributed by atoms with Crippen molar-refractivity contribution in [2.24, 2.45) is 0 Å². The monoisotopic (exact) mass is 812 g/mol. The summed E-state index contributed by atoms with van der Waals surface area (Å²) in [7, 11) is -0.809. The smallest absolute Gasteiger partial charge is 0.199 e. The van der Waals surface area contributed by atoms with E-state index in [1.807, 2.05) is 0 Å². The summed E-state index contributed by atoms with van der Waals surface area (Å²) in [6.07, 6.45) is 0. The molecule has 0 rings (SSSR count). The van der Waals surface area contributed by atoms with Gasteiger partial charge in [0.15, 0.2) is 15.3 Å². The Kier molecular flexibility index (Phi) is 39.3. The molecule has 0 aromatic heterocycles. The first-order chi connectivity index (χ1) is 20.5. The van der Waals surface area contributed by atoms with Crippen LogP contribution in [-0.4, -0.2) is 151 Å². The summed E-state index contributed by atoms with van der Waals surface area (Å²) in [5, 5.41) is 19.5. The minimum Gasteiger partial charge on any atom is -0.396 e. The van der Waals surface area contributed by atoms with E-state index in [9.17, 15) is 18.6 Å². The third-order valence-electron chi connectivity index (χ3n) is 4.20. The Hall–Kier alpha value is 2.93. The molecule has 0 saturated heterocycles. The van der Waals surface area contributed by atoms with Gasteiger partial charge in [0.25, 0.3) is 0 Å². The molecule has 1 atom stereocenters. The number of aliphatic hydroxyl groups is 2. The predicted octanol–water partition coefficient (Wildman–Crippen LogP) is 5.28. The zero-order valence-electron chi connectivity index (χ0n) is 23.8. The highest BCUT2D eigenvalue weighted by Crippen LogP contribution is 2.19. The first-order valence-corrected chi connectivity index (χ1v) is 26.8. The highest BCUT2D eigenvalue weighted by Gasteiger charge is 2.07. The maximum atomic E-state index is 12.2. The highest BCUT2D eigenvalue weighted by atomic mass is 32.2. The third-order valence-corrected chi connectivity index (χ3v) is 18.8. The van der Waals surface area contributed by atoms with Gasteiger partial charge in [0.05, 0.1) is 35.6 Å². The van der Waals surface area contributed by atoms with Crippen molar-refractivity contribution in [3.8, 4) is 0 Å². The van der Waals surface area contributed by atoms with Gasteiger partial charge in [0.2, 0.25) is 0 Å². The minimum absolute atomic E-state index is 0.184. The van der Waals surface area contributed by atoms with Crippen LogP contribution in [0.5, 0.6) is 0 Å². The fraction of sp³-hybridized carbons (Fsp3) is 0.875. The maximum absolute atomic E-state index is 12.2. The van der Waals surface area contributed by atoms with Gasteiger partial charge in [0, 0.05) is 96.4 Å². The molecule has 2 N–H and O–H groups in total. The molecule has 0 bridgehead atoms. The van der Waals surface area contributed by atoms with Crippen LogP contribution in [0.15, 0.2) is 0 Å². The summed E-state index contributed by atoms with van der Waals surface area (Å²) in [4.78, 5) is 35.6. The van der Waals surface area contributed by atoms with Crippen LogP contribution >= 0.6 is 129 Å². The number of aliphatic hydroxyl groups excluding tert-OH is 2. The lowest BCUT2D eigenvalue weighted by Crippen LogP contribution is -2.05. The second-order valence-corrected chi connectivity index (χ2v) is 22.4. The van der Waals surface area contributed by atoms with Gasteiger partial charge in [-0.15, -0.1) is 23.5 Å². The summed E-state index contributed by atoms with van der Waals surface area (Å²) >= 11 is 17.6. The molecular weight excluding hydrogens is 769 g/mol. The Labute approximate surface area is 302 Å². The van der Waals surface area contributed by atoms with Crippen molar-refractivity contribution in [2.45, 2.75) is 0 Å². The molecule has 0 heterocycles. The largest absolute Gasteiger partial charge is 0.396 e. The molecular formula is C24H44O6S12. The molecule has 0 amide bonds. The van der Waals surface area contributed by atoms with Crippen molar-refractivity contribution in [2.75, 3.05) is 121 Å². The Morgan fingerprint density at radius 3 is 1.38 bits per heavy atom. The van der Waals surface area contributed by atoms with Crippen LogP contribution in [0.4, 0.5) is 0 Å². The molecule has 0 fully saturated rings. The number of carbonyl (C=O) groups is 3. The Morgan fingerprint density at radius 2 is 0.857 bits per heavy atom. The standard InChI is InChI=1S/C24H44O6S12/c25-1-3-31-11-13-39-22(27)17-34-6-5-33-15-16-42(30)21-38-10-9-37-20-41-24(29)19-36-8-7-35-18-23(28)40-14-12-32-4-2-26/h25-26H,1-21H2. The van der Waals surface area contributed by atoms with Gasteiger partial charge in [-0.1, -0.05) is 35.3 Å². The average Bonchev–Trinajstić information content (AvgIpc) is 2.97. The van der Waals surface area contributed by atoms with E-state index in [0.29, 0.717) is 28.1 Å². The zero-order chi connectivity index (χ0) is 30.9. The molecule has 248 valence electrons. The van der Waals surface area contributed by atoms with E-state index in [0.717, 1.165) is 79.9 Å². The Balaban J connectivity index is 3.38. The van der Waals surface area contributed by atoms with E-state index in [1.165, 1.54) is 35.3 Å². The topological polar surface area (TPSA) is 109 Å². The van der Waals surface area contributed by atoms with Crippen LogP contribution < -0.4 is 0 Å². The van der Waals surface area contributed by atoms with Gasteiger partial charge in [-0.25, -0.2) is 0 Å². The lowest BCUT2D eigenvalue weighted by molar-refractivity contribution is -0.109. The summed E-state index contributed by atoms with van der Waals surface area (Å²) in [5.41, 5.74) is 0. The third kappa shape index (κ3) is 35.8. The zero-order valence-corrected chi connectivity index (χ0v) is 33.6. The molecule has 0 aliphatic heterocycles. The van der Waals surface area contributed by atoms with Gasteiger partial charge >= 0.3 is 0 Å². The van der Waals surface area contributed by atoms with Crippen LogP contribution in [0, 0.1) is 0 Å². The number of hydrogen-bond donors (Lipinski definition) is 2. The van der Waals surface area contributed by atoms with E-state index in [4.69, 9.17) is 10.2 Å². The van der Waals surface area contributed by atoms with Crippen molar-refractivity contribution in [1.29, 1.82) is 0 Å². The molecule has 0 aliphatic carbocycles. The number of hydrogen-bond acceptors (Lipinski definition) is 17. The molecule has 0 spiro atoms. The molecule has 0 aromatic carbocycles. The lowest BCUT2D eigenvalue weighted by Gasteiger charge is -2.04. The first-order valence-electron chi connectivity index (χ1n) is 13.1. The summed E-state index contributed by atoms with van der Waals surface area (Å²) < 4.78 is 12.2. The van der Waals surface area contributed by atoms with Gasteiger partial charge in [-0.3, -0.25) is 18.6 Å². The van der Waals surface area contributed by atoms with Crippen LogP contribution in [0.1, 0.15) is 0 Å². The van der Waals surface area contributed by atoms with E-state index in [2.05, 4.69) is 0 Å². The molecule has 42 heavy (non-hydrogen) atoms. The molecule has 6 nitrogen and oxygen atoms in total. The molecule has 0 aliphatic rings. The van der Waals surface area contributed by atoms with Gasteiger partial charge in [0.1, 0.15) is 0 Å². The van der Waals surface area contributed by atoms with Gasteiger partial charge < -0.3 is 10.2 Å². The van der Waals surface area contributed by atoms with Crippen molar-refractivity contribution in [3.05, 3.63) is 0 Å².